The van der Waals surface area contributed by atoms with Gasteiger partial charge in [0.25, 0.3) is 5.91 Å². The molecule has 1 atom stereocenters. The highest BCUT2D eigenvalue weighted by molar-refractivity contribution is 5.90. The zero-order valence-corrected chi connectivity index (χ0v) is 9.86. The van der Waals surface area contributed by atoms with Gasteiger partial charge in [-0.25, -0.2) is 4.98 Å². The molecule has 1 aromatic heterocycles. The monoisotopic (exact) mass is 240 g/mol. The Bertz CT molecular complexity index is 402. The predicted molar refractivity (Wildman–Crippen MR) is 59.5 cm³/mol. The molecule has 0 aromatic carbocycles. The summed E-state index contributed by atoms with van der Waals surface area (Å²) in [6, 6.07) is 0. The van der Waals surface area contributed by atoms with Crippen LogP contribution in [-0.4, -0.2) is 38.7 Å². The van der Waals surface area contributed by atoms with Gasteiger partial charge in [-0.15, -0.1) is 5.10 Å². The van der Waals surface area contributed by atoms with Crippen LogP contribution in [0, 0.1) is 5.92 Å². The second-order valence-electron chi connectivity index (χ2n) is 3.87. The van der Waals surface area contributed by atoms with Crippen LogP contribution in [-0.2, 0) is 11.2 Å². The molecule has 0 aliphatic heterocycles. The number of nitrogens with zero attached hydrogens (tertiary/aromatic N) is 2. The van der Waals surface area contributed by atoms with Crippen LogP contribution in [0.3, 0.4) is 0 Å². The van der Waals surface area contributed by atoms with Crippen molar-refractivity contribution in [2.24, 2.45) is 5.92 Å². The molecule has 0 bridgehead atoms. The highest BCUT2D eigenvalue weighted by Crippen LogP contribution is 2.00. The lowest BCUT2D eigenvalue weighted by Gasteiger charge is -2.08. The lowest BCUT2D eigenvalue weighted by atomic mass is 10.1. The van der Waals surface area contributed by atoms with Crippen molar-refractivity contribution in [3.8, 4) is 0 Å². The van der Waals surface area contributed by atoms with Gasteiger partial charge in [-0.2, -0.15) is 0 Å². The summed E-state index contributed by atoms with van der Waals surface area (Å²) in [7, 11) is 0. The molecule has 0 aliphatic carbocycles. The summed E-state index contributed by atoms with van der Waals surface area (Å²) in [6.07, 6.45) is 0.699. The molecule has 1 unspecified atom stereocenters. The third-order valence-corrected chi connectivity index (χ3v) is 2.20. The number of rotatable bonds is 6. The molecule has 7 nitrogen and oxygen atoms in total. The van der Waals surface area contributed by atoms with Gasteiger partial charge in [-0.1, -0.05) is 13.8 Å². The molecule has 1 aromatic rings. The van der Waals surface area contributed by atoms with Crippen molar-refractivity contribution in [2.45, 2.75) is 26.7 Å². The van der Waals surface area contributed by atoms with Crippen molar-refractivity contribution in [1.29, 1.82) is 0 Å². The minimum absolute atomic E-state index is 0.0223. The Balaban J connectivity index is 2.41. The number of H-pyrrole nitrogens is 1. The lowest BCUT2D eigenvalue weighted by molar-refractivity contribution is -0.137. The topological polar surface area (TPSA) is 108 Å². The first-order valence-electron chi connectivity index (χ1n) is 5.44. The Hall–Kier alpha value is -1.92. The highest BCUT2D eigenvalue weighted by Gasteiger charge is 2.14. The third-order valence-electron chi connectivity index (χ3n) is 2.20. The minimum Gasteiger partial charge on any atom is -0.481 e. The van der Waals surface area contributed by atoms with Gasteiger partial charge in [-0.3, -0.25) is 14.7 Å². The number of carbonyl (C=O) groups is 2. The van der Waals surface area contributed by atoms with Crippen molar-refractivity contribution >= 4 is 11.9 Å². The first-order valence-corrected chi connectivity index (χ1v) is 5.44. The average Bonchev–Trinajstić information content (AvgIpc) is 2.73. The molecular weight excluding hydrogens is 224 g/mol. The molecule has 3 N–H and O–H groups in total. The van der Waals surface area contributed by atoms with Gasteiger partial charge in [0.15, 0.2) is 0 Å². The molecule has 17 heavy (non-hydrogen) atoms. The Kier molecular flexibility index (Phi) is 4.62. The SMILES string of the molecule is CCc1nc(C(=O)NCC(C)CC(=O)O)n[nH]1. The van der Waals surface area contributed by atoms with Crippen LogP contribution in [0.2, 0.25) is 0 Å². The van der Waals surface area contributed by atoms with Crippen LogP contribution in [0.5, 0.6) is 0 Å². The fourth-order valence-corrected chi connectivity index (χ4v) is 1.27. The average molecular weight is 240 g/mol. The van der Waals surface area contributed by atoms with E-state index in [1.807, 2.05) is 6.92 Å². The van der Waals surface area contributed by atoms with Crippen LogP contribution in [0.1, 0.15) is 36.7 Å². The Morgan fingerprint density at radius 3 is 2.76 bits per heavy atom. The maximum atomic E-state index is 11.6. The fraction of sp³-hybridized carbons (Fsp3) is 0.600. The second-order valence-corrected chi connectivity index (χ2v) is 3.87. The third kappa shape index (κ3) is 4.21. The van der Waals surface area contributed by atoms with Gasteiger partial charge in [0.05, 0.1) is 0 Å². The maximum Gasteiger partial charge on any atom is 0.303 e. The summed E-state index contributed by atoms with van der Waals surface area (Å²) in [5.41, 5.74) is 0. The van der Waals surface area contributed by atoms with E-state index in [-0.39, 0.29) is 18.2 Å². The quantitative estimate of drug-likeness (QED) is 0.658. The zero-order valence-electron chi connectivity index (χ0n) is 9.86. The summed E-state index contributed by atoms with van der Waals surface area (Å²) in [5.74, 6) is -0.657. The first-order chi connectivity index (χ1) is 8.02. The standard InChI is InChI=1S/C10H16N4O3/c1-3-7-12-9(14-13-7)10(17)11-5-6(2)4-8(15)16/h6H,3-5H2,1-2H3,(H,11,17)(H,15,16)(H,12,13,14). The van der Waals surface area contributed by atoms with E-state index in [4.69, 9.17) is 5.11 Å². The van der Waals surface area contributed by atoms with Crippen molar-refractivity contribution in [1.82, 2.24) is 20.5 Å². The van der Waals surface area contributed by atoms with Gasteiger partial charge < -0.3 is 10.4 Å². The predicted octanol–water partition coefficient (Wildman–Crippen LogP) is 0.208. The summed E-state index contributed by atoms with van der Waals surface area (Å²) in [6.45, 7) is 3.95. The first kappa shape index (κ1) is 13.1. The summed E-state index contributed by atoms with van der Waals surface area (Å²) in [5, 5.41) is 17.6. The maximum absolute atomic E-state index is 11.6. The number of hydrogen-bond acceptors (Lipinski definition) is 4. The van der Waals surface area contributed by atoms with Crippen molar-refractivity contribution in [2.75, 3.05) is 6.54 Å². The number of carboxylic acid groups (broad SMARTS) is 1. The van der Waals surface area contributed by atoms with E-state index >= 15 is 0 Å². The number of carboxylic acids is 1. The van der Waals surface area contributed by atoms with Gasteiger partial charge in [0, 0.05) is 19.4 Å². The van der Waals surface area contributed by atoms with E-state index in [9.17, 15) is 9.59 Å². The molecule has 94 valence electrons. The Morgan fingerprint density at radius 1 is 1.53 bits per heavy atom. The van der Waals surface area contributed by atoms with Crippen LogP contribution in [0.15, 0.2) is 0 Å². The molecular formula is C10H16N4O3. The Labute approximate surface area is 98.6 Å². The number of aryl methyl sites for hydroxylation is 1. The molecule has 0 spiro atoms. The number of aromatic nitrogens is 3. The van der Waals surface area contributed by atoms with Gasteiger partial charge in [-0.05, 0) is 5.92 Å². The molecule has 1 rings (SSSR count). The van der Waals surface area contributed by atoms with E-state index < -0.39 is 11.9 Å². The number of amides is 1. The smallest absolute Gasteiger partial charge is 0.303 e. The van der Waals surface area contributed by atoms with Crippen molar-refractivity contribution < 1.29 is 14.7 Å². The van der Waals surface area contributed by atoms with Crippen molar-refractivity contribution in [3.63, 3.8) is 0 Å². The normalized spacial score (nSPS) is 12.1. The van der Waals surface area contributed by atoms with E-state index in [2.05, 4.69) is 20.5 Å². The molecule has 0 saturated heterocycles. The van der Waals surface area contributed by atoms with Crippen LogP contribution in [0.25, 0.3) is 0 Å². The fourth-order valence-electron chi connectivity index (χ4n) is 1.27. The highest BCUT2D eigenvalue weighted by atomic mass is 16.4. The molecule has 0 saturated carbocycles. The summed E-state index contributed by atoms with van der Waals surface area (Å²) in [4.78, 5) is 26.0. The molecule has 0 fully saturated rings. The minimum atomic E-state index is -0.877. The number of carbonyl (C=O) groups excluding carboxylic acids is 1. The molecule has 7 heteroatoms. The summed E-state index contributed by atoms with van der Waals surface area (Å²) < 4.78 is 0. The number of aliphatic carboxylic acids is 1. The lowest BCUT2D eigenvalue weighted by Crippen LogP contribution is -2.30. The van der Waals surface area contributed by atoms with Crippen LogP contribution in [0.4, 0.5) is 0 Å². The molecule has 0 aliphatic rings. The largest absolute Gasteiger partial charge is 0.481 e. The number of aromatic amines is 1. The molecule has 1 heterocycles. The number of hydrogen-bond donors (Lipinski definition) is 3. The zero-order chi connectivity index (χ0) is 12.8. The Morgan fingerprint density at radius 2 is 2.24 bits per heavy atom. The van der Waals surface area contributed by atoms with E-state index in [0.29, 0.717) is 18.8 Å². The van der Waals surface area contributed by atoms with Crippen LogP contribution >= 0.6 is 0 Å². The molecule has 0 radical (unpaired) electrons. The number of nitrogens with one attached hydrogen (secondary N) is 2. The van der Waals surface area contributed by atoms with Gasteiger partial charge in [0.2, 0.25) is 5.82 Å². The van der Waals surface area contributed by atoms with E-state index in [0.717, 1.165) is 0 Å². The second kappa shape index (κ2) is 5.97. The van der Waals surface area contributed by atoms with E-state index in [1.165, 1.54) is 0 Å². The van der Waals surface area contributed by atoms with Gasteiger partial charge in [0.1, 0.15) is 5.82 Å². The van der Waals surface area contributed by atoms with Gasteiger partial charge >= 0.3 is 5.97 Å². The van der Waals surface area contributed by atoms with Crippen LogP contribution < -0.4 is 5.32 Å². The molecule has 1 amide bonds. The summed E-state index contributed by atoms with van der Waals surface area (Å²) >= 11 is 0. The van der Waals surface area contributed by atoms with Crippen molar-refractivity contribution in [3.05, 3.63) is 11.6 Å². The van der Waals surface area contributed by atoms with E-state index in [1.54, 1.807) is 6.92 Å².